The van der Waals surface area contributed by atoms with E-state index in [1.807, 2.05) is 0 Å². The Bertz CT molecular complexity index is 319. The molecule has 0 fully saturated rings. The zero-order chi connectivity index (χ0) is 20.5. The molecule has 8 heteroatoms. The molecule has 0 aromatic carbocycles. The van der Waals surface area contributed by atoms with Crippen LogP contribution in [0.3, 0.4) is 0 Å². The second-order valence-corrected chi connectivity index (χ2v) is 6.14. The largest absolute Gasteiger partial charge is 0.463 e. The van der Waals surface area contributed by atoms with Crippen LogP contribution >= 0.6 is 0 Å². The summed E-state index contributed by atoms with van der Waals surface area (Å²) in [5.41, 5.74) is 0. The predicted molar refractivity (Wildman–Crippen MR) is 104 cm³/mol. The van der Waals surface area contributed by atoms with Gasteiger partial charge in [0.15, 0.2) is 0 Å². The number of hydrogen-bond acceptors (Lipinski definition) is 7. The summed E-state index contributed by atoms with van der Waals surface area (Å²) in [5.74, 6) is -0.148. The Morgan fingerprint density at radius 3 is 1.50 bits per heavy atom. The monoisotopic (exact) mass is 410 g/mol. The standard InChI is InChI=1S/C20H39FO7/c1-2-3-4-5-6-7-20(22)28-19-18-27-17-16-26-15-14-25-13-12-24-11-10-23-9-8-21/h2-19H2,1H3. The highest BCUT2D eigenvalue weighted by Crippen LogP contribution is 2.05. The van der Waals surface area contributed by atoms with Gasteiger partial charge in [0.2, 0.25) is 0 Å². The van der Waals surface area contributed by atoms with Crippen molar-refractivity contribution in [1.29, 1.82) is 0 Å². The van der Waals surface area contributed by atoms with Crippen molar-refractivity contribution in [2.75, 3.05) is 79.4 Å². The summed E-state index contributed by atoms with van der Waals surface area (Å²) < 4.78 is 43.1. The van der Waals surface area contributed by atoms with Gasteiger partial charge in [0.1, 0.15) is 13.3 Å². The van der Waals surface area contributed by atoms with Crippen LogP contribution in [0.1, 0.15) is 45.4 Å². The lowest BCUT2D eigenvalue weighted by atomic mass is 10.1. The Hall–Kier alpha value is -0.800. The molecule has 0 bridgehead atoms. The van der Waals surface area contributed by atoms with E-state index >= 15 is 0 Å². The van der Waals surface area contributed by atoms with Gasteiger partial charge in [-0.05, 0) is 6.42 Å². The molecule has 0 spiro atoms. The minimum absolute atomic E-state index is 0.116. The van der Waals surface area contributed by atoms with Crippen molar-refractivity contribution in [3.05, 3.63) is 0 Å². The van der Waals surface area contributed by atoms with E-state index in [1.54, 1.807) is 0 Å². The van der Waals surface area contributed by atoms with Gasteiger partial charge >= 0.3 is 5.97 Å². The molecule has 0 aromatic rings. The minimum atomic E-state index is -0.471. The van der Waals surface area contributed by atoms with Crippen LogP contribution in [0.2, 0.25) is 0 Å². The number of unbranched alkanes of at least 4 members (excludes halogenated alkanes) is 4. The average molecular weight is 411 g/mol. The van der Waals surface area contributed by atoms with E-state index in [4.69, 9.17) is 28.4 Å². The van der Waals surface area contributed by atoms with Gasteiger partial charge in [-0.1, -0.05) is 32.6 Å². The van der Waals surface area contributed by atoms with Gasteiger partial charge in [0.05, 0.1) is 66.1 Å². The predicted octanol–water partition coefficient (Wildman–Crippen LogP) is 2.94. The maximum absolute atomic E-state index is 11.7. The molecule has 0 aliphatic rings. The Morgan fingerprint density at radius 1 is 0.607 bits per heavy atom. The van der Waals surface area contributed by atoms with Crippen LogP contribution in [0.5, 0.6) is 0 Å². The summed E-state index contributed by atoms with van der Waals surface area (Å²) in [4.78, 5) is 11.5. The van der Waals surface area contributed by atoms with Crippen molar-refractivity contribution >= 4 is 5.97 Å². The molecular formula is C20H39FO7. The Balaban J connectivity index is 3.09. The Kier molecular flexibility index (Phi) is 23.5. The molecule has 0 N–H and O–H groups in total. The first kappa shape index (κ1) is 27.2. The normalized spacial score (nSPS) is 11.1. The van der Waals surface area contributed by atoms with E-state index in [0.29, 0.717) is 65.9 Å². The maximum atomic E-state index is 11.7. The summed E-state index contributed by atoms with van der Waals surface area (Å²) in [6, 6.07) is 0. The third kappa shape index (κ3) is 23.2. The zero-order valence-electron chi connectivity index (χ0n) is 17.5. The lowest BCUT2D eigenvalue weighted by molar-refractivity contribution is -0.145. The van der Waals surface area contributed by atoms with Crippen LogP contribution in [-0.4, -0.2) is 85.3 Å². The quantitative estimate of drug-likeness (QED) is 0.189. The van der Waals surface area contributed by atoms with Gasteiger partial charge in [-0.15, -0.1) is 0 Å². The molecule has 0 amide bonds. The van der Waals surface area contributed by atoms with Crippen molar-refractivity contribution in [3.8, 4) is 0 Å². The number of alkyl halides is 1. The number of carbonyl (C=O) groups is 1. The molecule has 7 nitrogen and oxygen atoms in total. The van der Waals surface area contributed by atoms with Gasteiger partial charge in [0, 0.05) is 6.42 Å². The van der Waals surface area contributed by atoms with Gasteiger partial charge in [-0.3, -0.25) is 4.79 Å². The Labute approximate surface area is 169 Å². The highest BCUT2D eigenvalue weighted by molar-refractivity contribution is 5.69. The molecule has 0 rings (SSSR count). The molecule has 0 unspecified atom stereocenters. The van der Waals surface area contributed by atoms with E-state index in [-0.39, 0.29) is 19.2 Å². The van der Waals surface area contributed by atoms with Crippen LogP contribution in [0, 0.1) is 0 Å². The van der Waals surface area contributed by atoms with E-state index in [9.17, 15) is 9.18 Å². The number of carbonyl (C=O) groups excluding carboxylic acids is 1. The van der Waals surface area contributed by atoms with E-state index < -0.39 is 6.67 Å². The average Bonchev–Trinajstić information content (AvgIpc) is 2.70. The second kappa shape index (κ2) is 24.2. The van der Waals surface area contributed by atoms with Crippen LogP contribution in [0.4, 0.5) is 4.39 Å². The Morgan fingerprint density at radius 2 is 1.04 bits per heavy atom. The number of esters is 1. The molecule has 0 aliphatic heterocycles. The second-order valence-electron chi connectivity index (χ2n) is 6.14. The first-order valence-corrected chi connectivity index (χ1v) is 10.4. The van der Waals surface area contributed by atoms with Crippen LogP contribution in [-0.2, 0) is 33.2 Å². The number of rotatable bonds is 23. The lowest BCUT2D eigenvalue weighted by Gasteiger charge is -2.08. The first-order chi connectivity index (χ1) is 13.8. The van der Waals surface area contributed by atoms with Crippen molar-refractivity contribution in [3.63, 3.8) is 0 Å². The summed E-state index contributed by atoms with van der Waals surface area (Å²) in [5, 5.41) is 0. The zero-order valence-corrected chi connectivity index (χ0v) is 17.5. The molecule has 0 radical (unpaired) electrons. The highest BCUT2D eigenvalue weighted by atomic mass is 19.1. The number of ether oxygens (including phenoxy) is 6. The maximum Gasteiger partial charge on any atom is 0.305 e. The van der Waals surface area contributed by atoms with Crippen molar-refractivity contribution < 1.29 is 37.6 Å². The molecule has 168 valence electrons. The molecule has 0 aromatic heterocycles. The van der Waals surface area contributed by atoms with E-state index in [0.717, 1.165) is 12.8 Å². The first-order valence-electron chi connectivity index (χ1n) is 10.4. The topological polar surface area (TPSA) is 72.5 Å². The van der Waals surface area contributed by atoms with Crippen molar-refractivity contribution in [2.24, 2.45) is 0 Å². The molecule has 0 saturated heterocycles. The van der Waals surface area contributed by atoms with E-state index in [1.165, 1.54) is 19.3 Å². The molecule has 0 aliphatic carbocycles. The van der Waals surface area contributed by atoms with Crippen LogP contribution in [0.25, 0.3) is 0 Å². The minimum Gasteiger partial charge on any atom is -0.463 e. The summed E-state index contributed by atoms with van der Waals surface area (Å²) >= 11 is 0. The van der Waals surface area contributed by atoms with Gasteiger partial charge in [-0.25, -0.2) is 4.39 Å². The molecule has 28 heavy (non-hydrogen) atoms. The number of halogens is 1. The summed E-state index contributed by atoms with van der Waals surface area (Å²) in [6.45, 7) is 6.16. The third-order valence-corrected chi connectivity index (χ3v) is 3.68. The van der Waals surface area contributed by atoms with Gasteiger partial charge in [0.25, 0.3) is 0 Å². The third-order valence-electron chi connectivity index (χ3n) is 3.68. The summed E-state index contributed by atoms with van der Waals surface area (Å²) in [6.07, 6.45) is 6.09. The smallest absolute Gasteiger partial charge is 0.305 e. The fourth-order valence-corrected chi connectivity index (χ4v) is 2.20. The molecular weight excluding hydrogens is 371 g/mol. The fraction of sp³-hybridized carbons (Fsp3) is 0.950. The lowest BCUT2D eigenvalue weighted by Crippen LogP contribution is -2.15. The van der Waals surface area contributed by atoms with Gasteiger partial charge in [-0.2, -0.15) is 0 Å². The highest BCUT2D eigenvalue weighted by Gasteiger charge is 2.02. The van der Waals surface area contributed by atoms with E-state index in [2.05, 4.69) is 6.92 Å². The van der Waals surface area contributed by atoms with Crippen LogP contribution in [0.15, 0.2) is 0 Å². The summed E-state index contributed by atoms with van der Waals surface area (Å²) in [7, 11) is 0. The molecule has 0 saturated carbocycles. The fourth-order valence-electron chi connectivity index (χ4n) is 2.20. The van der Waals surface area contributed by atoms with Crippen LogP contribution < -0.4 is 0 Å². The van der Waals surface area contributed by atoms with Crippen molar-refractivity contribution in [2.45, 2.75) is 45.4 Å². The van der Waals surface area contributed by atoms with Crippen molar-refractivity contribution in [1.82, 2.24) is 0 Å². The molecule has 0 atom stereocenters. The number of hydrogen-bond donors (Lipinski definition) is 0. The van der Waals surface area contributed by atoms with Gasteiger partial charge < -0.3 is 28.4 Å². The SMILES string of the molecule is CCCCCCCC(=O)OCCOCCOCCOCCOCCOCCF. The molecule has 0 heterocycles.